The SMILES string of the molecule is CCCCCCCCCC([S])CC. The van der Waals surface area contributed by atoms with Crippen molar-refractivity contribution in [2.45, 2.75) is 76.9 Å². The molecule has 0 aromatic heterocycles. The standard InChI is InChI=1S/C12H25S/c1-3-5-6-7-8-9-10-11-12(13)4-2/h12H,3-11H2,1-2H3. The molecule has 0 heterocycles. The van der Waals surface area contributed by atoms with Crippen molar-refractivity contribution < 1.29 is 0 Å². The number of hydrogen-bond acceptors (Lipinski definition) is 0. The van der Waals surface area contributed by atoms with E-state index in [1.807, 2.05) is 0 Å². The summed E-state index contributed by atoms with van der Waals surface area (Å²) in [6, 6.07) is 0. The van der Waals surface area contributed by atoms with Crippen LogP contribution in [-0.4, -0.2) is 5.25 Å². The van der Waals surface area contributed by atoms with E-state index >= 15 is 0 Å². The quantitative estimate of drug-likeness (QED) is 0.455. The molecular formula is C12H25S. The smallest absolute Gasteiger partial charge is 0.0149 e. The fourth-order valence-corrected chi connectivity index (χ4v) is 1.70. The predicted octanol–water partition coefficient (Wildman–Crippen LogP) is 5.10. The van der Waals surface area contributed by atoms with Gasteiger partial charge >= 0.3 is 0 Å². The van der Waals surface area contributed by atoms with Gasteiger partial charge in [0.15, 0.2) is 0 Å². The van der Waals surface area contributed by atoms with Gasteiger partial charge in [0.2, 0.25) is 0 Å². The van der Waals surface area contributed by atoms with Crippen molar-refractivity contribution >= 4 is 12.6 Å². The van der Waals surface area contributed by atoms with Crippen LogP contribution in [0.4, 0.5) is 0 Å². The predicted molar refractivity (Wildman–Crippen MR) is 64.3 cm³/mol. The fraction of sp³-hybridized carbons (Fsp3) is 1.00. The maximum absolute atomic E-state index is 5.26. The Morgan fingerprint density at radius 1 is 0.846 bits per heavy atom. The summed E-state index contributed by atoms with van der Waals surface area (Å²) in [5.74, 6) is 0. The first-order valence-corrected chi connectivity index (χ1v) is 6.44. The highest BCUT2D eigenvalue weighted by atomic mass is 32.1. The van der Waals surface area contributed by atoms with Gasteiger partial charge in [-0.2, -0.15) is 0 Å². The third-order valence-electron chi connectivity index (χ3n) is 2.58. The molecule has 0 aliphatic heterocycles. The van der Waals surface area contributed by atoms with Gasteiger partial charge < -0.3 is 0 Å². The van der Waals surface area contributed by atoms with Crippen LogP contribution in [0, 0.1) is 0 Å². The topological polar surface area (TPSA) is 0 Å². The Hall–Kier alpha value is 0.350. The Morgan fingerprint density at radius 2 is 1.38 bits per heavy atom. The van der Waals surface area contributed by atoms with Gasteiger partial charge in [-0.05, 0) is 12.8 Å². The third-order valence-corrected chi connectivity index (χ3v) is 3.15. The van der Waals surface area contributed by atoms with Crippen molar-refractivity contribution in [1.29, 1.82) is 0 Å². The first-order chi connectivity index (χ1) is 6.31. The lowest BCUT2D eigenvalue weighted by molar-refractivity contribution is 0.567. The van der Waals surface area contributed by atoms with E-state index in [9.17, 15) is 0 Å². The molecule has 0 nitrogen and oxygen atoms in total. The monoisotopic (exact) mass is 201 g/mol. The molecule has 79 valence electrons. The van der Waals surface area contributed by atoms with Crippen LogP contribution in [0.25, 0.3) is 0 Å². The minimum Gasteiger partial charge on any atom is -0.0905 e. The van der Waals surface area contributed by atoms with Crippen LogP contribution in [-0.2, 0) is 0 Å². The van der Waals surface area contributed by atoms with E-state index in [0.717, 1.165) is 0 Å². The van der Waals surface area contributed by atoms with Gasteiger partial charge in [-0.25, -0.2) is 0 Å². The first kappa shape index (κ1) is 13.4. The molecule has 0 saturated carbocycles. The van der Waals surface area contributed by atoms with Crippen LogP contribution in [0.1, 0.15) is 71.6 Å². The highest BCUT2D eigenvalue weighted by Gasteiger charge is 1.99. The molecule has 0 amide bonds. The second-order valence-corrected chi connectivity index (χ2v) is 4.61. The van der Waals surface area contributed by atoms with Crippen LogP contribution in [0.2, 0.25) is 0 Å². The van der Waals surface area contributed by atoms with Crippen LogP contribution >= 0.6 is 12.6 Å². The number of rotatable bonds is 9. The minimum atomic E-state index is 0.538. The maximum atomic E-state index is 5.26. The summed E-state index contributed by atoms with van der Waals surface area (Å²) in [6.07, 6.45) is 12.2. The molecule has 1 radical (unpaired) electrons. The molecule has 0 aliphatic rings. The molecule has 1 atom stereocenters. The van der Waals surface area contributed by atoms with E-state index in [2.05, 4.69) is 13.8 Å². The molecule has 1 unspecified atom stereocenters. The normalized spacial score (nSPS) is 13.2. The lowest BCUT2D eigenvalue weighted by Crippen LogP contribution is -1.95. The van der Waals surface area contributed by atoms with Gasteiger partial charge in [0, 0.05) is 5.25 Å². The molecule has 13 heavy (non-hydrogen) atoms. The molecule has 0 bridgehead atoms. The molecule has 0 aliphatic carbocycles. The highest BCUT2D eigenvalue weighted by Crippen LogP contribution is 2.13. The Morgan fingerprint density at radius 3 is 1.92 bits per heavy atom. The summed E-state index contributed by atoms with van der Waals surface area (Å²) in [4.78, 5) is 0. The molecule has 0 spiro atoms. The summed E-state index contributed by atoms with van der Waals surface area (Å²) < 4.78 is 0. The molecule has 0 aromatic rings. The van der Waals surface area contributed by atoms with Crippen molar-refractivity contribution in [3.05, 3.63) is 0 Å². The maximum Gasteiger partial charge on any atom is 0.0149 e. The number of unbranched alkanes of at least 4 members (excludes halogenated alkanes) is 6. The highest BCUT2D eigenvalue weighted by molar-refractivity contribution is 7.80. The van der Waals surface area contributed by atoms with Crippen molar-refractivity contribution in [2.75, 3.05) is 0 Å². The minimum absolute atomic E-state index is 0.538. The second kappa shape index (κ2) is 10.4. The molecule has 0 saturated heterocycles. The Labute approximate surface area is 89.9 Å². The zero-order chi connectivity index (χ0) is 9.94. The van der Waals surface area contributed by atoms with Gasteiger partial charge in [-0.1, -0.05) is 71.4 Å². The van der Waals surface area contributed by atoms with Crippen LogP contribution in [0.3, 0.4) is 0 Å². The summed E-state index contributed by atoms with van der Waals surface area (Å²) >= 11 is 5.26. The van der Waals surface area contributed by atoms with Gasteiger partial charge in [0.05, 0.1) is 0 Å². The van der Waals surface area contributed by atoms with E-state index in [1.165, 1.54) is 57.8 Å². The van der Waals surface area contributed by atoms with E-state index in [-0.39, 0.29) is 0 Å². The zero-order valence-electron chi connectivity index (χ0n) is 9.35. The average Bonchev–Trinajstić information content (AvgIpc) is 2.16. The zero-order valence-corrected chi connectivity index (χ0v) is 10.2. The van der Waals surface area contributed by atoms with Crippen molar-refractivity contribution in [2.24, 2.45) is 0 Å². The van der Waals surface area contributed by atoms with Crippen LogP contribution in [0.15, 0.2) is 0 Å². The Bertz CT molecular complexity index is 91.1. The van der Waals surface area contributed by atoms with Crippen molar-refractivity contribution in [1.82, 2.24) is 0 Å². The first-order valence-electron chi connectivity index (χ1n) is 5.97. The fourth-order valence-electron chi connectivity index (χ4n) is 1.53. The molecule has 0 rings (SSSR count). The molecule has 0 N–H and O–H groups in total. The van der Waals surface area contributed by atoms with Crippen LogP contribution < -0.4 is 0 Å². The van der Waals surface area contributed by atoms with Gasteiger partial charge in [-0.15, -0.1) is 0 Å². The van der Waals surface area contributed by atoms with Crippen molar-refractivity contribution in [3.63, 3.8) is 0 Å². The molecular weight excluding hydrogens is 176 g/mol. The molecule has 0 aromatic carbocycles. The third kappa shape index (κ3) is 10.3. The summed E-state index contributed by atoms with van der Waals surface area (Å²) in [6.45, 7) is 4.46. The number of hydrogen-bond donors (Lipinski definition) is 0. The second-order valence-electron chi connectivity index (χ2n) is 3.94. The van der Waals surface area contributed by atoms with Gasteiger partial charge in [0.1, 0.15) is 0 Å². The van der Waals surface area contributed by atoms with E-state index in [4.69, 9.17) is 12.6 Å². The van der Waals surface area contributed by atoms with Crippen LogP contribution in [0.5, 0.6) is 0 Å². The molecule has 0 fully saturated rings. The van der Waals surface area contributed by atoms with E-state index in [1.54, 1.807) is 0 Å². The lowest BCUT2D eigenvalue weighted by Gasteiger charge is -2.05. The Balaban J connectivity index is 2.91. The largest absolute Gasteiger partial charge is 0.0905 e. The van der Waals surface area contributed by atoms with Gasteiger partial charge in [0.25, 0.3) is 0 Å². The van der Waals surface area contributed by atoms with E-state index in [0.29, 0.717) is 5.25 Å². The summed E-state index contributed by atoms with van der Waals surface area (Å²) in [7, 11) is 0. The Kier molecular flexibility index (Phi) is 10.7. The van der Waals surface area contributed by atoms with E-state index < -0.39 is 0 Å². The van der Waals surface area contributed by atoms with Gasteiger partial charge in [-0.3, -0.25) is 0 Å². The lowest BCUT2D eigenvalue weighted by atomic mass is 10.1. The average molecular weight is 201 g/mol. The summed E-state index contributed by atoms with van der Waals surface area (Å²) in [5, 5.41) is 0.538. The van der Waals surface area contributed by atoms with Crippen molar-refractivity contribution in [3.8, 4) is 0 Å². The molecule has 1 heteroatoms. The summed E-state index contributed by atoms with van der Waals surface area (Å²) in [5.41, 5.74) is 0.